The molecular weight excluding hydrogens is 285 g/mol. The van der Waals surface area contributed by atoms with Gasteiger partial charge in [0.15, 0.2) is 0 Å². The molecule has 2 rings (SSSR count). The molecule has 0 saturated carbocycles. The predicted octanol–water partition coefficient (Wildman–Crippen LogP) is 4.41. The summed E-state index contributed by atoms with van der Waals surface area (Å²) >= 11 is 1.67. The van der Waals surface area contributed by atoms with Gasteiger partial charge in [0.25, 0.3) is 0 Å². The number of hydrogen-bond acceptors (Lipinski definition) is 3. The van der Waals surface area contributed by atoms with Crippen molar-refractivity contribution in [2.45, 2.75) is 23.6 Å². The zero-order chi connectivity index (χ0) is 15.2. The molecule has 112 valence electrons. The SMILES string of the molecule is CNC(C)c1ccc(OC)c(CSc2ccc(F)cc2)c1. The van der Waals surface area contributed by atoms with Crippen molar-refractivity contribution in [1.82, 2.24) is 5.32 Å². The lowest BCUT2D eigenvalue weighted by Gasteiger charge is -2.15. The number of rotatable bonds is 6. The second-order valence-electron chi connectivity index (χ2n) is 4.82. The van der Waals surface area contributed by atoms with Crippen LogP contribution in [0, 0.1) is 5.82 Å². The minimum atomic E-state index is -0.207. The van der Waals surface area contributed by atoms with Gasteiger partial charge in [-0.05, 0) is 55.9 Å². The molecule has 1 atom stereocenters. The Balaban J connectivity index is 2.15. The first kappa shape index (κ1) is 15.9. The van der Waals surface area contributed by atoms with E-state index in [9.17, 15) is 4.39 Å². The first-order valence-electron chi connectivity index (χ1n) is 6.86. The van der Waals surface area contributed by atoms with Crippen LogP contribution in [-0.2, 0) is 5.75 Å². The molecule has 1 N–H and O–H groups in total. The summed E-state index contributed by atoms with van der Waals surface area (Å²) in [5.41, 5.74) is 2.37. The molecule has 4 heteroatoms. The van der Waals surface area contributed by atoms with Gasteiger partial charge in [0, 0.05) is 22.3 Å². The van der Waals surface area contributed by atoms with Crippen LogP contribution in [0.2, 0.25) is 0 Å². The van der Waals surface area contributed by atoms with Gasteiger partial charge in [0.05, 0.1) is 7.11 Å². The Bertz CT molecular complexity index is 586. The molecule has 2 aromatic rings. The largest absolute Gasteiger partial charge is 0.496 e. The first-order valence-corrected chi connectivity index (χ1v) is 7.85. The molecule has 0 aromatic heterocycles. The highest BCUT2D eigenvalue weighted by atomic mass is 32.2. The van der Waals surface area contributed by atoms with Gasteiger partial charge in [0.1, 0.15) is 11.6 Å². The number of hydrogen-bond donors (Lipinski definition) is 1. The van der Waals surface area contributed by atoms with Gasteiger partial charge in [-0.2, -0.15) is 0 Å². The van der Waals surface area contributed by atoms with Gasteiger partial charge in [-0.15, -0.1) is 11.8 Å². The van der Waals surface area contributed by atoms with Gasteiger partial charge in [-0.1, -0.05) is 6.07 Å². The first-order chi connectivity index (χ1) is 10.1. The standard InChI is InChI=1S/C17H20FNOS/c1-12(19-2)13-4-9-17(20-3)14(10-13)11-21-16-7-5-15(18)6-8-16/h4-10,12,19H,11H2,1-3H3. The van der Waals surface area contributed by atoms with E-state index >= 15 is 0 Å². The molecule has 0 bridgehead atoms. The fraction of sp³-hybridized carbons (Fsp3) is 0.294. The Morgan fingerprint density at radius 3 is 2.52 bits per heavy atom. The molecule has 0 spiro atoms. The maximum absolute atomic E-state index is 12.9. The summed E-state index contributed by atoms with van der Waals surface area (Å²) in [5.74, 6) is 1.47. The summed E-state index contributed by atoms with van der Waals surface area (Å²) in [6.45, 7) is 2.12. The molecule has 0 heterocycles. The van der Waals surface area contributed by atoms with E-state index in [-0.39, 0.29) is 5.82 Å². The Hall–Kier alpha value is -1.52. The van der Waals surface area contributed by atoms with Crippen LogP contribution in [0.4, 0.5) is 4.39 Å². The van der Waals surface area contributed by atoms with E-state index in [1.807, 2.05) is 13.1 Å². The summed E-state index contributed by atoms with van der Waals surface area (Å²) < 4.78 is 18.3. The topological polar surface area (TPSA) is 21.3 Å². The van der Waals surface area contributed by atoms with Crippen molar-refractivity contribution in [3.63, 3.8) is 0 Å². The molecule has 21 heavy (non-hydrogen) atoms. The van der Waals surface area contributed by atoms with Crippen molar-refractivity contribution in [2.24, 2.45) is 0 Å². The lowest BCUT2D eigenvalue weighted by atomic mass is 10.1. The van der Waals surface area contributed by atoms with Crippen LogP contribution >= 0.6 is 11.8 Å². The minimum absolute atomic E-state index is 0.207. The molecule has 0 amide bonds. The molecule has 1 unspecified atom stereocenters. The zero-order valence-electron chi connectivity index (χ0n) is 12.5. The third kappa shape index (κ3) is 4.22. The highest BCUT2D eigenvalue weighted by Crippen LogP contribution is 2.30. The Kier molecular flexibility index (Phi) is 5.65. The minimum Gasteiger partial charge on any atom is -0.496 e. The molecule has 0 aliphatic heterocycles. The highest BCUT2D eigenvalue weighted by Gasteiger charge is 2.09. The summed E-state index contributed by atoms with van der Waals surface area (Å²) in [7, 11) is 3.63. The maximum Gasteiger partial charge on any atom is 0.123 e. The van der Waals surface area contributed by atoms with Crippen molar-refractivity contribution in [3.8, 4) is 5.75 Å². The lowest BCUT2D eigenvalue weighted by molar-refractivity contribution is 0.411. The molecule has 0 fully saturated rings. The number of halogens is 1. The van der Waals surface area contributed by atoms with E-state index in [4.69, 9.17) is 4.74 Å². The molecule has 0 aliphatic carbocycles. The quantitative estimate of drug-likeness (QED) is 0.799. The molecule has 0 radical (unpaired) electrons. The van der Waals surface area contributed by atoms with Crippen LogP contribution in [0.15, 0.2) is 47.4 Å². The second kappa shape index (κ2) is 7.48. The van der Waals surface area contributed by atoms with E-state index in [0.717, 1.165) is 22.0 Å². The molecule has 2 aromatic carbocycles. The van der Waals surface area contributed by atoms with E-state index in [1.54, 1.807) is 31.0 Å². The van der Waals surface area contributed by atoms with Gasteiger partial charge in [-0.25, -0.2) is 4.39 Å². The molecule has 0 aliphatic rings. The van der Waals surface area contributed by atoms with Gasteiger partial charge in [0.2, 0.25) is 0 Å². The monoisotopic (exact) mass is 305 g/mol. The Morgan fingerprint density at radius 1 is 1.19 bits per heavy atom. The Labute approximate surface area is 129 Å². The third-order valence-corrected chi connectivity index (χ3v) is 4.51. The summed E-state index contributed by atoms with van der Waals surface area (Å²) in [6.07, 6.45) is 0. The molecule has 0 saturated heterocycles. The third-order valence-electron chi connectivity index (χ3n) is 3.45. The summed E-state index contributed by atoms with van der Waals surface area (Å²) in [6, 6.07) is 13.1. The van der Waals surface area contributed by atoms with E-state index in [2.05, 4.69) is 24.4 Å². The summed E-state index contributed by atoms with van der Waals surface area (Å²) in [4.78, 5) is 1.05. The van der Waals surface area contributed by atoms with Crippen LogP contribution in [0.1, 0.15) is 24.1 Å². The Morgan fingerprint density at radius 2 is 1.90 bits per heavy atom. The predicted molar refractivity (Wildman–Crippen MR) is 86.4 cm³/mol. The highest BCUT2D eigenvalue weighted by molar-refractivity contribution is 7.98. The smallest absolute Gasteiger partial charge is 0.123 e. The van der Waals surface area contributed by atoms with Crippen molar-refractivity contribution in [3.05, 3.63) is 59.4 Å². The van der Waals surface area contributed by atoms with Gasteiger partial charge >= 0.3 is 0 Å². The number of benzene rings is 2. The van der Waals surface area contributed by atoms with Gasteiger partial charge < -0.3 is 10.1 Å². The fourth-order valence-electron chi connectivity index (χ4n) is 2.04. The number of methoxy groups -OCH3 is 1. The summed E-state index contributed by atoms with van der Waals surface area (Å²) in [5, 5.41) is 3.24. The average molecular weight is 305 g/mol. The van der Waals surface area contributed by atoms with E-state index in [0.29, 0.717) is 6.04 Å². The van der Waals surface area contributed by atoms with Crippen LogP contribution in [0.3, 0.4) is 0 Å². The number of nitrogens with one attached hydrogen (secondary N) is 1. The fourth-order valence-corrected chi connectivity index (χ4v) is 2.92. The van der Waals surface area contributed by atoms with Crippen molar-refractivity contribution < 1.29 is 9.13 Å². The normalized spacial score (nSPS) is 12.2. The van der Waals surface area contributed by atoms with E-state index in [1.165, 1.54) is 17.7 Å². The van der Waals surface area contributed by atoms with Crippen LogP contribution in [0.25, 0.3) is 0 Å². The van der Waals surface area contributed by atoms with Crippen molar-refractivity contribution in [1.29, 1.82) is 0 Å². The van der Waals surface area contributed by atoms with Crippen LogP contribution < -0.4 is 10.1 Å². The van der Waals surface area contributed by atoms with Crippen molar-refractivity contribution in [2.75, 3.05) is 14.2 Å². The lowest BCUT2D eigenvalue weighted by Crippen LogP contribution is -2.12. The second-order valence-corrected chi connectivity index (χ2v) is 5.87. The maximum atomic E-state index is 12.9. The molecular formula is C17H20FNOS. The number of ether oxygens (including phenoxy) is 1. The van der Waals surface area contributed by atoms with Gasteiger partial charge in [-0.3, -0.25) is 0 Å². The molecule has 2 nitrogen and oxygen atoms in total. The van der Waals surface area contributed by atoms with Crippen molar-refractivity contribution >= 4 is 11.8 Å². The van der Waals surface area contributed by atoms with Crippen LogP contribution in [-0.4, -0.2) is 14.2 Å². The van der Waals surface area contributed by atoms with Crippen LogP contribution in [0.5, 0.6) is 5.75 Å². The van der Waals surface area contributed by atoms with E-state index < -0.39 is 0 Å². The average Bonchev–Trinajstić information content (AvgIpc) is 2.53. The number of thioether (sulfide) groups is 1. The zero-order valence-corrected chi connectivity index (χ0v) is 13.3.